The van der Waals surface area contributed by atoms with Crippen molar-refractivity contribution in [3.05, 3.63) is 60.1 Å². The van der Waals surface area contributed by atoms with Gasteiger partial charge in [0.15, 0.2) is 5.76 Å². The molecule has 2 aromatic rings. The average molecular weight is 355 g/mol. The first-order valence-electron chi connectivity index (χ1n) is 9.08. The SMILES string of the molecule is O=C(NCCCC(=O)N1CCN(Cc2ccccc2)CC1)c1ccco1. The van der Waals surface area contributed by atoms with Crippen molar-refractivity contribution in [2.75, 3.05) is 32.7 Å². The summed E-state index contributed by atoms with van der Waals surface area (Å²) in [5.74, 6) is 0.222. The number of rotatable bonds is 7. The van der Waals surface area contributed by atoms with Gasteiger partial charge in [-0.25, -0.2) is 0 Å². The van der Waals surface area contributed by atoms with E-state index < -0.39 is 0 Å². The quantitative estimate of drug-likeness (QED) is 0.773. The van der Waals surface area contributed by atoms with Crippen LogP contribution in [0.5, 0.6) is 0 Å². The molecular formula is C20H25N3O3. The Morgan fingerprint density at radius 3 is 2.46 bits per heavy atom. The molecule has 0 spiro atoms. The highest BCUT2D eigenvalue weighted by atomic mass is 16.3. The lowest BCUT2D eigenvalue weighted by Crippen LogP contribution is -2.48. The Hall–Kier alpha value is -2.60. The van der Waals surface area contributed by atoms with Crippen LogP contribution in [-0.2, 0) is 11.3 Å². The predicted octanol–water partition coefficient (Wildman–Crippen LogP) is 2.13. The van der Waals surface area contributed by atoms with Gasteiger partial charge in [-0.15, -0.1) is 0 Å². The molecule has 0 bridgehead atoms. The number of carbonyl (C=O) groups is 2. The number of carbonyl (C=O) groups excluding carboxylic acids is 2. The van der Waals surface area contributed by atoms with Gasteiger partial charge >= 0.3 is 0 Å². The van der Waals surface area contributed by atoms with Crippen molar-refractivity contribution in [3.8, 4) is 0 Å². The highest BCUT2D eigenvalue weighted by Gasteiger charge is 2.20. The first kappa shape index (κ1) is 18.2. The summed E-state index contributed by atoms with van der Waals surface area (Å²) in [4.78, 5) is 28.3. The first-order valence-corrected chi connectivity index (χ1v) is 9.08. The van der Waals surface area contributed by atoms with E-state index in [1.165, 1.54) is 11.8 Å². The van der Waals surface area contributed by atoms with Gasteiger partial charge in [-0.3, -0.25) is 14.5 Å². The fourth-order valence-corrected chi connectivity index (χ4v) is 3.09. The molecule has 3 rings (SSSR count). The average Bonchev–Trinajstić information content (AvgIpc) is 3.21. The molecule has 6 nitrogen and oxygen atoms in total. The van der Waals surface area contributed by atoms with E-state index in [1.54, 1.807) is 12.1 Å². The van der Waals surface area contributed by atoms with Crippen LogP contribution >= 0.6 is 0 Å². The maximum absolute atomic E-state index is 12.3. The van der Waals surface area contributed by atoms with Gasteiger partial charge in [-0.2, -0.15) is 0 Å². The Labute approximate surface area is 153 Å². The molecule has 0 aliphatic carbocycles. The Morgan fingerprint density at radius 1 is 1.00 bits per heavy atom. The second-order valence-corrected chi connectivity index (χ2v) is 6.48. The second-order valence-electron chi connectivity index (χ2n) is 6.48. The van der Waals surface area contributed by atoms with Gasteiger partial charge in [0.05, 0.1) is 6.26 Å². The van der Waals surface area contributed by atoms with E-state index in [9.17, 15) is 9.59 Å². The zero-order valence-electron chi connectivity index (χ0n) is 14.9. The van der Waals surface area contributed by atoms with Crippen molar-refractivity contribution >= 4 is 11.8 Å². The summed E-state index contributed by atoms with van der Waals surface area (Å²) < 4.78 is 5.03. The Bertz CT molecular complexity index is 692. The zero-order chi connectivity index (χ0) is 18.2. The number of nitrogens with one attached hydrogen (secondary N) is 1. The molecule has 0 saturated carbocycles. The molecule has 0 unspecified atom stereocenters. The minimum atomic E-state index is -0.239. The standard InChI is InChI=1S/C20H25N3O3/c24-19(9-4-10-21-20(25)18-8-5-15-26-18)23-13-11-22(12-14-23)16-17-6-2-1-3-7-17/h1-3,5-8,15H,4,9-14,16H2,(H,21,25). The molecule has 2 amide bonds. The maximum atomic E-state index is 12.3. The normalized spacial score (nSPS) is 15.0. The third-order valence-electron chi connectivity index (χ3n) is 4.57. The van der Waals surface area contributed by atoms with Gasteiger partial charge < -0.3 is 14.6 Å². The summed E-state index contributed by atoms with van der Waals surface area (Å²) in [5, 5.41) is 2.77. The van der Waals surface area contributed by atoms with Crippen molar-refractivity contribution in [3.63, 3.8) is 0 Å². The van der Waals surface area contributed by atoms with Crippen LogP contribution in [0.4, 0.5) is 0 Å². The molecule has 1 aliphatic rings. The Kier molecular flexibility index (Phi) is 6.44. The third-order valence-corrected chi connectivity index (χ3v) is 4.57. The minimum absolute atomic E-state index is 0.164. The third kappa shape index (κ3) is 5.20. The van der Waals surface area contributed by atoms with Crippen molar-refractivity contribution < 1.29 is 14.0 Å². The molecular weight excluding hydrogens is 330 g/mol. The Morgan fingerprint density at radius 2 is 1.77 bits per heavy atom. The predicted molar refractivity (Wildman–Crippen MR) is 98.6 cm³/mol. The van der Waals surface area contributed by atoms with Gasteiger partial charge in [0, 0.05) is 45.7 Å². The van der Waals surface area contributed by atoms with E-state index in [1.807, 2.05) is 11.0 Å². The number of nitrogens with zero attached hydrogens (tertiary/aromatic N) is 2. The lowest BCUT2D eigenvalue weighted by molar-refractivity contribution is -0.133. The van der Waals surface area contributed by atoms with E-state index >= 15 is 0 Å². The monoisotopic (exact) mass is 355 g/mol. The summed E-state index contributed by atoms with van der Waals surface area (Å²) in [7, 11) is 0. The molecule has 1 aromatic heterocycles. The largest absolute Gasteiger partial charge is 0.459 e. The van der Waals surface area contributed by atoms with Crippen LogP contribution in [0.25, 0.3) is 0 Å². The van der Waals surface area contributed by atoms with E-state index in [0.29, 0.717) is 25.1 Å². The van der Waals surface area contributed by atoms with E-state index in [-0.39, 0.29) is 11.8 Å². The smallest absolute Gasteiger partial charge is 0.286 e. The fourth-order valence-electron chi connectivity index (χ4n) is 3.09. The molecule has 0 atom stereocenters. The van der Waals surface area contributed by atoms with E-state index in [0.717, 1.165) is 32.7 Å². The lowest BCUT2D eigenvalue weighted by Gasteiger charge is -2.34. The lowest BCUT2D eigenvalue weighted by atomic mass is 10.2. The molecule has 1 N–H and O–H groups in total. The topological polar surface area (TPSA) is 65.8 Å². The van der Waals surface area contributed by atoms with Crippen molar-refractivity contribution in [2.45, 2.75) is 19.4 Å². The first-order chi connectivity index (χ1) is 12.7. The van der Waals surface area contributed by atoms with Crippen molar-refractivity contribution in [2.24, 2.45) is 0 Å². The van der Waals surface area contributed by atoms with E-state index in [4.69, 9.17) is 4.42 Å². The molecule has 1 aromatic carbocycles. The molecule has 6 heteroatoms. The van der Waals surface area contributed by atoms with Crippen LogP contribution in [0.3, 0.4) is 0 Å². The minimum Gasteiger partial charge on any atom is -0.459 e. The summed E-state index contributed by atoms with van der Waals surface area (Å²) in [5.41, 5.74) is 1.31. The van der Waals surface area contributed by atoms with Crippen molar-refractivity contribution in [1.29, 1.82) is 0 Å². The zero-order valence-corrected chi connectivity index (χ0v) is 14.9. The number of hydrogen-bond acceptors (Lipinski definition) is 4. The number of piperazine rings is 1. The molecule has 138 valence electrons. The second kappa shape index (κ2) is 9.20. The van der Waals surface area contributed by atoms with Crippen LogP contribution in [0, 0.1) is 0 Å². The molecule has 1 aliphatic heterocycles. The highest BCUT2D eigenvalue weighted by Crippen LogP contribution is 2.10. The van der Waals surface area contributed by atoms with Gasteiger partial charge in [0.1, 0.15) is 0 Å². The number of hydrogen-bond donors (Lipinski definition) is 1. The maximum Gasteiger partial charge on any atom is 0.286 e. The fraction of sp³-hybridized carbons (Fsp3) is 0.400. The van der Waals surface area contributed by atoms with Gasteiger partial charge in [-0.1, -0.05) is 30.3 Å². The van der Waals surface area contributed by atoms with E-state index in [2.05, 4.69) is 34.5 Å². The molecule has 1 saturated heterocycles. The molecule has 1 fully saturated rings. The summed E-state index contributed by atoms with van der Waals surface area (Å²) >= 11 is 0. The van der Waals surface area contributed by atoms with Gasteiger partial charge in [-0.05, 0) is 24.1 Å². The van der Waals surface area contributed by atoms with Crippen LogP contribution in [0.1, 0.15) is 29.0 Å². The van der Waals surface area contributed by atoms with Crippen LogP contribution in [0.2, 0.25) is 0 Å². The van der Waals surface area contributed by atoms with Crippen LogP contribution < -0.4 is 5.32 Å². The molecule has 2 heterocycles. The number of benzene rings is 1. The number of amides is 2. The van der Waals surface area contributed by atoms with Crippen LogP contribution in [-0.4, -0.2) is 54.3 Å². The molecule has 0 radical (unpaired) electrons. The van der Waals surface area contributed by atoms with Crippen LogP contribution in [0.15, 0.2) is 53.1 Å². The molecule has 26 heavy (non-hydrogen) atoms. The number of furan rings is 1. The summed E-state index contributed by atoms with van der Waals surface area (Å²) in [6.45, 7) is 4.74. The van der Waals surface area contributed by atoms with Gasteiger partial charge in [0.25, 0.3) is 5.91 Å². The summed E-state index contributed by atoms with van der Waals surface area (Å²) in [6.07, 6.45) is 2.56. The van der Waals surface area contributed by atoms with Crippen molar-refractivity contribution in [1.82, 2.24) is 15.1 Å². The summed E-state index contributed by atoms with van der Waals surface area (Å²) in [6, 6.07) is 13.7. The highest BCUT2D eigenvalue weighted by molar-refractivity contribution is 5.91. The van der Waals surface area contributed by atoms with Gasteiger partial charge in [0.2, 0.25) is 5.91 Å². The Balaban J connectivity index is 1.31.